The topological polar surface area (TPSA) is 79.7 Å². The average molecular weight is 541 g/mol. The van der Waals surface area contributed by atoms with E-state index in [1.165, 1.54) is 0 Å². The smallest absolute Gasteiger partial charge is 0.253 e. The van der Waals surface area contributed by atoms with Crippen LogP contribution in [0.2, 0.25) is 5.02 Å². The summed E-state index contributed by atoms with van der Waals surface area (Å²) in [5.74, 6) is 0.629. The number of aromatic amines is 1. The van der Waals surface area contributed by atoms with Crippen molar-refractivity contribution in [3.63, 3.8) is 0 Å². The van der Waals surface area contributed by atoms with Gasteiger partial charge in [0.15, 0.2) is 5.82 Å². The lowest BCUT2D eigenvalue weighted by Crippen LogP contribution is -2.38. The van der Waals surface area contributed by atoms with Gasteiger partial charge in [0.25, 0.3) is 5.56 Å². The maximum Gasteiger partial charge on any atom is 0.253 e. The summed E-state index contributed by atoms with van der Waals surface area (Å²) in [7, 11) is 0. The molecule has 0 aliphatic heterocycles. The van der Waals surface area contributed by atoms with Gasteiger partial charge in [0.1, 0.15) is 6.04 Å². The Hall–Kier alpha value is -3.81. The first kappa shape index (κ1) is 26.8. The fraction of sp³-hybridized carbons (Fsp3) is 0.290. The van der Waals surface area contributed by atoms with Gasteiger partial charge in [-0.05, 0) is 77.9 Å². The minimum absolute atomic E-state index is 0.153. The van der Waals surface area contributed by atoms with Crippen LogP contribution < -0.4 is 5.56 Å². The second-order valence-electron chi connectivity index (χ2n) is 10.6. The average Bonchev–Trinajstić information content (AvgIpc) is 3.42. The molecule has 0 saturated heterocycles. The van der Waals surface area contributed by atoms with Crippen molar-refractivity contribution in [2.45, 2.75) is 58.8 Å². The normalized spacial score (nSPS) is 12.8. The van der Waals surface area contributed by atoms with E-state index in [1.54, 1.807) is 0 Å². The molecule has 8 heteroatoms. The third kappa shape index (κ3) is 5.65. The molecule has 0 aliphatic carbocycles. The molecule has 7 nitrogen and oxygen atoms in total. The van der Waals surface area contributed by atoms with Gasteiger partial charge in [-0.1, -0.05) is 79.2 Å². The number of tetrazole rings is 1. The largest absolute Gasteiger partial charge is 0.321 e. The van der Waals surface area contributed by atoms with Crippen LogP contribution in [0, 0.1) is 6.92 Å². The molecule has 0 spiro atoms. The SMILES string of the molecule is CCC(C)(C)n1nnnc1C(c1cc2cccc(C)c2[nH]c1=O)N(Cc1ccccc1)Cc1ccc(Cl)cc1. The van der Waals surface area contributed by atoms with E-state index in [4.69, 9.17) is 11.6 Å². The molecular formula is C31H33ClN6O. The van der Waals surface area contributed by atoms with Gasteiger partial charge in [0, 0.05) is 23.7 Å². The standard InChI is InChI=1S/C31H33ClN6O/c1-5-31(3,4)38-29(34-35-36-38)28(26-18-24-13-9-10-21(2)27(24)33-30(26)39)37(19-22-11-7-6-8-12-22)20-23-14-16-25(32)17-15-23/h6-18,28H,5,19-20H2,1-4H3,(H,33,39). The number of pyridine rings is 1. The minimum Gasteiger partial charge on any atom is -0.321 e. The fourth-order valence-electron chi connectivity index (χ4n) is 4.93. The fourth-order valence-corrected chi connectivity index (χ4v) is 5.05. The highest BCUT2D eigenvalue weighted by molar-refractivity contribution is 6.30. The van der Waals surface area contributed by atoms with Gasteiger partial charge >= 0.3 is 0 Å². The molecule has 0 bridgehead atoms. The lowest BCUT2D eigenvalue weighted by Gasteiger charge is -2.33. The number of nitrogens with one attached hydrogen (secondary N) is 1. The highest BCUT2D eigenvalue weighted by atomic mass is 35.5. The van der Waals surface area contributed by atoms with Crippen LogP contribution in [0.3, 0.4) is 0 Å². The second kappa shape index (κ2) is 11.1. The number of rotatable bonds is 9. The Balaban J connectivity index is 1.74. The number of para-hydroxylation sites is 1. The van der Waals surface area contributed by atoms with Crippen molar-refractivity contribution in [1.82, 2.24) is 30.1 Å². The van der Waals surface area contributed by atoms with Gasteiger partial charge in [-0.2, -0.15) is 0 Å². The van der Waals surface area contributed by atoms with Gasteiger partial charge in [-0.15, -0.1) is 5.10 Å². The number of H-pyrrole nitrogens is 1. The second-order valence-corrected chi connectivity index (χ2v) is 11.1. The zero-order valence-electron chi connectivity index (χ0n) is 22.7. The lowest BCUT2D eigenvalue weighted by molar-refractivity contribution is 0.180. The lowest BCUT2D eigenvalue weighted by atomic mass is 9.98. The molecule has 5 rings (SSSR count). The minimum atomic E-state index is -0.518. The van der Waals surface area contributed by atoms with Crippen molar-refractivity contribution in [3.05, 3.63) is 122 Å². The summed E-state index contributed by atoms with van der Waals surface area (Å²) >= 11 is 6.20. The molecule has 2 aromatic heterocycles. The van der Waals surface area contributed by atoms with Crippen LogP contribution in [0.1, 0.15) is 61.3 Å². The summed E-state index contributed by atoms with van der Waals surface area (Å²) in [6, 6.07) is 25.6. The summed E-state index contributed by atoms with van der Waals surface area (Å²) in [4.78, 5) is 19.2. The Kier molecular flexibility index (Phi) is 7.64. The first-order valence-corrected chi connectivity index (χ1v) is 13.6. The Labute approximate surface area is 233 Å². The van der Waals surface area contributed by atoms with Gasteiger partial charge in [-0.3, -0.25) is 9.69 Å². The predicted octanol–water partition coefficient (Wildman–Crippen LogP) is 6.41. The van der Waals surface area contributed by atoms with Crippen molar-refractivity contribution in [2.75, 3.05) is 0 Å². The zero-order chi connectivity index (χ0) is 27.6. The van der Waals surface area contributed by atoms with E-state index >= 15 is 0 Å². The number of aryl methyl sites for hydroxylation is 1. The quantitative estimate of drug-likeness (QED) is 0.233. The molecule has 0 fully saturated rings. The van der Waals surface area contributed by atoms with Crippen LogP contribution in [0.5, 0.6) is 0 Å². The maximum absolute atomic E-state index is 13.8. The van der Waals surface area contributed by atoms with Crippen LogP contribution in [-0.2, 0) is 18.6 Å². The molecule has 1 atom stereocenters. The molecule has 0 amide bonds. The number of nitrogens with zero attached hydrogens (tertiary/aromatic N) is 5. The number of benzene rings is 3. The number of hydrogen-bond donors (Lipinski definition) is 1. The van der Waals surface area contributed by atoms with Crippen molar-refractivity contribution >= 4 is 22.5 Å². The van der Waals surface area contributed by atoms with E-state index in [0.717, 1.165) is 34.0 Å². The summed E-state index contributed by atoms with van der Waals surface area (Å²) in [6.45, 7) is 9.47. The number of aromatic nitrogens is 5. The van der Waals surface area contributed by atoms with Crippen molar-refractivity contribution in [3.8, 4) is 0 Å². The molecule has 0 aliphatic rings. The van der Waals surface area contributed by atoms with Gasteiger partial charge in [0.05, 0.1) is 11.1 Å². The Morgan fingerprint density at radius 1 is 0.974 bits per heavy atom. The molecular weight excluding hydrogens is 508 g/mol. The Morgan fingerprint density at radius 2 is 1.67 bits per heavy atom. The predicted molar refractivity (Wildman–Crippen MR) is 156 cm³/mol. The van der Waals surface area contributed by atoms with Gasteiger partial charge in [-0.25, -0.2) is 4.68 Å². The third-order valence-electron chi connectivity index (χ3n) is 7.48. The number of halogens is 1. The summed E-state index contributed by atoms with van der Waals surface area (Å²) in [6.07, 6.45) is 0.820. The third-order valence-corrected chi connectivity index (χ3v) is 7.73. The highest BCUT2D eigenvalue weighted by Crippen LogP contribution is 2.33. The molecule has 0 radical (unpaired) electrons. The van der Waals surface area contributed by atoms with Crippen LogP contribution in [-0.4, -0.2) is 30.1 Å². The first-order chi connectivity index (χ1) is 18.8. The van der Waals surface area contributed by atoms with Gasteiger partial charge in [0.2, 0.25) is 0 Å². The first-order valence-electron chi connectivity index (χ1n) is 13.2. The molecule has 0 saturated carbocycles. The van der Waals surface area contributed by atoms with Crippen molar-refractivity contribution in [1.29, 1.82) is 0 Å². The van der Waals surface area contributed by atoms with Crippen LogP contribution in [0.15, 0.2) is 83.7 Å². The molecule has 3 aromatic carbocycles. The van der Waals surface area contributed by atoms with Crippen molar-refractivity contribution < 1.29 is 0 Å². The Bertz CT molecular complexity index is 1630. The van der Waals surface area contributed by atoms with E-state index in [2.05, 4.69) is 58.3 Å². The summed E-state index contributed by atoms with van der Waals surface area (Å²) in [5, 5.41) is 14.7. The van der Waals surface area contributed by atoms with Crippen LogP contribution in [0.25, 0.3) is 10.9 Å². The zero-order valence-corrected chi connectivity index (χ0v) is 23.5. The van der Waals surface area contributed by atoms with E-state index in [0.29, 0.717) is 29.5 Å². The highest BCUT2D eigenvalue weighted by Gasteiger charge is 2.34. The Morgan fingerprint density at radius 3 is 2.36 bits per heavy atom. The summed E-state index contributed by atoms with van der Waals surface area (Å²) < 4.78 is 1.87. The molecule has 2 heterocycles. The van der Waals surface area contributed by atoms with Crippen LogP contribution >= 0.6 is 11.6 Å². The van der Waals surface area contributed by atoms with Gasteiger partial charge < -0.3 is 4.98 Å². The molecule has 5 aromatic rings. The number of hydrogen-bond acceptors (Lipinski definition) is 5. The van der Waals surface area contributed by atoms with E-state index < -0.39 is 6.04 Å². The molecule has 200 valence electrons. The number of fused-ring (bicyclic) bond motifs is 1. The van der Waals surface area contributed by atoms with E-state index in [-0.39, 0.29) is 11.1 Å². The monoisotopic (exact) mass is 540 g/mol. The molecule has 1 N–H and O–H groups in total. The molecule has 39 heavy (non-hydrogen) atoms. The van der Waals surface area contributed by atoms with Crippen LogP contribution in [0.4, 0.5) is 0 Å². The maximum atomic E-state index is 13.8. The van der Waals surface area contributed by atoms with E-state index in [1.807, 2.05) is 78.3 Å². The van der Waals surface area contributed by atoms with Crippen molar-refractivity contribution in [2.24, 2.45) is 0 Å². The van der Waals surface area contributed by atoms with E-state index in [9.17, 15) is 4.79 Å². The summed E-state index contributed by atoms with van der Waals surface area (Å²) in [5.41, 5.74) is 4.15. The molecule has 1 unspecified atom stereocenters.